The van der Waals surface area contributed by atoms with Crippen LogP contribution in [0.3, 0.4) is 0 Å². The van der Waals surface area contributed by atoms with Gasteiger partial charge in [-0.3, -0.25) is 9.69 Å². The smallest absolute Gasteiger partial charge is 0.137 e. The lowest BCUT2D eigenvalue weighted by atomic mass is 9.55. The Kier molecular flexibility index (Phi) is 6.10. The molecular formula is C30H38N2O3. The van der Waals surface area contributed by atoms with Crippen LogP contribution in [0.1, 0.15) is 56.9 Å². The number of nitrogens with zero attached hydrogens (tertiary/aromatic N) is 2. The van der Waals surface area contributed by atoms with E-state index in [0.29, 0.717) is 31.6 Å². The number of Topliss-reactive ketones (excluding diaryl/α,β-unsaturated/α-hetero) is 1. The van der Waals surface area contributed by atoms with E-state index in [2.05, 4.69) is 62.0 Å². The number of allylic oxidation sites excluding steroid dienone is 2. The Morgan fingerprint density at radius 3 is 2.57 bits per heavy atom. The minimum absolute atomic E-state index is 0.0797. The first-order valence-electron chi connectivity index (χ1n) is 12.9. The van der Waals surface area contributed by atoms with Crippen LogP contribution < -0.4 is 4.90 Å². The Labute approximate surface area is 209 Å². The monoisotopic (exact) mass is 474 g/mol. The first kappa shape index (κ1) is 24.2. The molecule has 0 spiro atoms. The lowest BCUT2D eigenvalue weighted by molar-refractivity contribution is -0.119. The van der Waals surface area contributed by atoms with Gasteiger partial charge < -0.3 is 14.7 Å². The van der Waals surface area contributed by atoms with Crippen molar-refractivity contribution in [1.29, 1.82) is 0 Å². The summed E-state index contributed by atoms with van der Waals surface area (Å²) in [6, 6.07) is 8.80. The molecule has 3 saturated carbocycles. The molecule has 1 aromatic rings. The third-order valence-corrected chi connectivity index (χ3v) is 8.89. The number of fused-ring (bicyclic) bond motifs is 4. The minimum Gasteiger partial charge on any atom is -0.493 e. The fraction of sp³-hybridized carbons (Fsp3) is 0.567. The van der Waals surface area contributed by atoms with E-state index in [1.165, 1.54) is 22.4 Å². The molecule has 5 nitrogen and oxygen atoms in total. The zero-order valence-electron chi connectivity index (χ0n) is 21.7. The average molecular weight is 475 g/mol. The molecule has 1 N–H and O–H groups in total. The van der Waals surface area contributed by atoms with Crippen molar-refractivity contribution < 1.29 is 14.6 Å². The minimum atomic E-state index is -1.04. The summed E-state index contributed by atoms with van der Waals surface area (Å²) in [5, 5.41) is 12.0. The number of carbonyl (C=O) groups is 1. The van der Waals surface area contributed by atoms with E-state index in [0.717, 1.165) is 24.8 Å². The maximum absolute atomic E-state index is 12.2. The molecule has 3 fully saturated rings. The molecule has 1 unspecified atom stereocenters. The van der Waals surface area contributed by atoms with Gasteiger partial charge in [-0.25, -0.2) is 0 Å². The van der Waals surface area contributed by atoms with Gasteiger partial charge in [-0.2, -0.15) is 0 Å². The molecule has 1 heterocycles. The zero-order chi connectivity index (χ0) is 25.0. The summed E-state index contributed by atoms with van der Waals surface area (Å²) in [5.41, 5.74) is 4.73. The molecule has 3 aliphatic carbocycles. The Bertz CT molecular complexity index is 1140. The second-order valence-corrected chi connectivity index (χ2v) is 11.6. The normalized spacial score (nSPS) is 33.7. The number of ketones is 1. The molecular weight excluding hydrogens is 436 g/mol. The first-order chi connectivity index (χ1) is 16.6. The second-order valence-electron chi connectivity index (χ2n) is 11.6. The molecule has 0 amide bonds. The standard InChI is InChI=1S/C30H38N2O3/c1-29-18-25(20-7-9-22(10-8-20)32(4)5)27-24-12-11-23(33)17-21(24)19-35-28(27)26(29)13-15-30(29,34)14-6-16-31(2)3/h7-10,19,25-26,28,34H,11-13,15-18H2,1-5H3/t25?,26-,28-,29-,30-/m0/s1. The molecule has 5 rings (SSSR count). The number of anilines is 1. The molecule has 0 radical (unpaired) electrons. The van der Waals surface area contributed by atoms with Gasteiger partial charge in [0.2, 0.25) is 0 Å². The summed E-state index contributed by atoms with van der Waals surface area (Å²) < 4.78 is 6.48. The van der Waals surface area contributed by atoms with Crippen LogP contribution in [0.2, 0.25) is 0 Å². The van der Waals surface area contributed by atoms with E-state index in [1.807, 2.05) is 25.3 Å². The Balaban J connectivity index is 1.60. The lowest BCUT2D eigenvalue weighted by Crippen LogP contribution is -2.53. The number of aliphatic hydroxyl groups is 1. The fourth-order valence-electron chi connectivity index (χ4n) is 6.86. The molecule has 1 aliphatic heterocycles. The summed E-state index contributed by atoms with van der Waals surface area (Å²) >= 11 is 0. The quantitative estimate of drug-likeness (QED) is 0.663. The summed E-state index contributed by atoms with van der Waals surface area (Å²) in [7, 11) is 8.11. The van der Waals surface area contributed by atoms with Crippen molar-refractivity contribution in [2.24, 2.45) is 11.3 Å². The second kappa shape index (κ2) is 8.84. The number of rotatable bonds is 3. The molecule has 186 valence electrons. The van der Waals surface area contributed by atoms with Crippen LogP contribution in [0.25, 0.3) is 0 Å². The molecule has 0 aromatic heterocycles. The molecule has 1 aromatic carbocycles. The predicted molar refractivity (Wildman–Crippen MR) is 139 cm³/mol. The molecule has 0 bridgehead atoms. The number of carbonyl (C=O) groups excluding carboxylic acids is 1. The van der Waals surface area contributed by atoms with Gasteiger partial charge >= 0.3 is 0 Å². The highest BCUT2D eigenvalue weighted by atomic mass is 16.5. The van der Waals surface area contributed by atoms with Crippen LogP contribution in [-0.2, 0) is 9.53 Å². The van der Waals surface area contributed by atoms with Gasteiger partial charge in [0.1, 0.15) is 17.5 Å². The maximum Gasteiger partial charge on any atom is 0.137 e. The van der Waals surface area contributed by atoms with E-state index in [4.69, 9.17) is 4.74 Å². The average Bonchev–Trinajstić information content (AvgIpc) is 3.08. The highest BCUT2D eigenvalue weighted by molar-refractivity contribution is 5.84. The third kappa shape index (κ3) is 4.01. The van der Waals surface area contributed by atoms with Crippen molar-refractivity contribution in [1.82, 2.24) is 4.90 Å². The summed E-state index contributed by atoms with van der Waals surface area (Å²) in [5.74, 6) is 7.16. The van der Waals surface area contributed by atoms with Crippen molar-refractivity contribution in [3.8, 4) is 11.8 Å². The largest absolute Gasteiger partial charge is 0.493 e. The van der Waals surface area contributed by atoms with Gasteiger partial charge in [0, 0.05) is 49.9 Å². The van der Waals surface area contributed by atoms with Gasteiger partial charge in [0.05, 0.1) is 12.8 Å². The van der Waals surface area contributed by atoms with Gasteiger partial charge in [-0.1, -0.05) is 30.9 Å². The summed E-state index contributed by atoms with van der Waals surface area (Å²) in [6.07, 6.45) is 6.03. The van der Waals surface area contributed by atoms with Crippen LogP contribution in [0.4, 0.5) is 5.69 Å². The van der Waals surface area contributed by atoms with Gasteiger partial charge in [-0.05, 0) is 74.2 Å². The predicted octanol–water partition coefficient (Wildman–Crippen LogP) is 4.28. The Morgan fingerprint density at radius 2 is 1.89 bits per heavy atom. The van der Waals surface area contributed by atoms with E-state index >= 15 is 0 Å². The third-order valence-electron chi connectivity index (χ3n) is 8.89. The fourth-order valence-corrected chi connectivity index (χ4v) is 6.86. The van der Waals surface area contributed by atoms with Crippen molar-refractivity contribution in [3.63, 3.8) is 0 Å². The van der Waals surface area contributed by atoms with Crippen LogP contribution in [-0.4, -0.2) is 62.2 Å². The van der Waals surface area contributed by atoms with Crippen LogP contribution >= 0.6 is 0 Å². The van der Waals surface area contributed by atoms with E-state index < -0.39 is 5.60 Å². The van der Waals surface area contributed by atoms with Crippen molar-refractivity contribution in [3.05, 3.63) is 52.8 Å². The number of hydrogen-bond acceptors (Lipinski definition) is 5. The Morgan fingerprint density at radius 1 is 1.14 bits per heavy atom. The molecule has 0 saturated heterocycles. The maximum atomic E-state index is 12.2. The summed E-state index contributed by atoms with van der Waals surface area (Å²) in [4.78, 5) is 16.4. The Hall–Kier alpha value is -2.55. The number of benzene rings is 1. The SMILES string of the molecule is CN(C)CC#C[C@]1(O)CC[C@H]2[C@@H]3OC=C4CC(=O)CCC4=C3C(c3ccc(N(C)C)cc3)C[C@@]21C. The zero-order valence-corrected chi connectivity index (χ0v) is 21.7. The van der Waals surface area contributed by atoms with E-state index in [9.17, 15) is 9.90 Å². The molecule has 4 aliphatic rings. The van der Waals surface area contributed by atoms with Crippen molar-refractivity contribution in [2.45, 2.75) is 63.1 Å². The highest BCUT2D eigenvalue weighted by Gasteiger charge is 2.63. The van der Waals surface area contributed by atoms with Crippen molar-refractivity contribution >= 4 is 11.5 Å². The first-order valence-corrected chi connectivity index (χ1v) is 12.9. The molecule has 35 heavy (non-hydrogen) atoms. The lowest BCUT2D eigenvalue weighted by Gasteiger charge is -2.52. The molecule has 5 heteroatoms. The van der Waals surface area contributed by atoms with Crippen molar-refractivity contribution in [2.75, 3.05) is 39.6 Å². The van der Waals surface area contributed by atoms with E-state index in [-0.39, 0.29) is 23.4 Å². The topological polar surface area (TPSA) is 53.0 Å². The highest BCUT2D eigenvalue weighted by Crippen LogP contribution is 2.64. The molecule has 5 atom stereocenters. The van der Waals surface area contributed by atoms with Gasteiger partial charge in [0.15, 0.2) is 0 Å². The summed E-state index contributed by atoms with van der Waals surface area (Å²) in [6.45, 7) is 2.86. The van der Waals surface area contributed by atoms with Crippen LogP contribution in [0.15, 0.2) is 47.2 Å². The van der Waals surface area contributed by atoms with Gasteiger partial charge in [-0.15, -0.1) is 0 Å². The number of ether oxygens (including phenoxy) is 1. The van der Waals surface area contributed by atoms with E-state index in [1.54, 1.807) is 0 Å². The van der Waals surface area contributed by atoms with Gasteiger partial charge in [0.25, 0.3) is 0 Å². The van der Waals surface area contributed by atoms with Crippen LogP contribution in [0.5, 0.6) is 0 Å². The van der Waals surface area contributed by atoms with Crippen LogP contribution in [0, 0.1) is 23.2 Å². The number of hydrogen-bond donors (Lipinski definition) is 1.